The van der Waals surface area contributed by atoms with Gasteiger partial charge in [0.1, 0.15) is 0 Å². The number of carbonyl (C=O) groups is 1. The minimum absolute atomic E-state index is 0.0142. The summed E-state index contributed by atoms with van der Waals surface area (Å²) in [7, 11) is -1.50. The molecule has 1 amide bonds. The van der Waals surface area contributed by atoms with Crippen LogP contribution in [0.5, 0.6) is 0 Å². The number of nitrogens with zero attached hydrogens (tertiary/aromatic N) is 3. The first-order valence-electron chi connectivity index (χ1n) is 6.61. The van der Waals surface area contributed by atoms with Crippen molar-refractivity contribution in [2.75, 3.05) is 16.2 Å². The Morgan fingerprint density at radius 1 is 1.41 bits per heavy atom. The molecule has 1 aromatic heterocycles. The first kappa shape index (κ1) is 15.1. The highest BCUT2D eigenvalue weighted by atomic mass is 79.9. The molecule has 3 rings (SSSR count). The fourth-order valence-corrected chi connectivity index (χ4v) is 4.05. The first-order valence-corrected chi connectivity index (χ1v) is 8.55. The molecule has 2 heterocycles. The van der Waals surface area contributed by atoms with E-state index in [1.54, 1.807) is 17.2 Å². The predicted molar refractivity (Wildman–Crippen MR) is 87.9 cm³/mol. The topological polar surface area (TPSA) is 75.2 Å². The minimum atomic E-state index is -1.50. The maximum absolute atomic E-state index is 12.5. The standard InChI is InChI=1S/C14H13BrN4O2S/c1-9(20)19-5-2-10-6-11(15)13(7-12(10)19)22(21)18-14-8-16-3-4-17-14/h3-4,6-8H,2,5H2,1H3,(H,17,18). The monoisotopic (exact) mass is 380 g/mol. The van der Waals surface area contributed by atoms with Gasteiger partial charge in [0.2, 0.25) is 5.91 Å². The maximum atomic E-state index is 12.5. The van der Waals surface area contributed by atoms with Crippen molar-refractivity contribution in [3.8, 4) is 0 Å². The molecular formula is C14H13BrN4O2S. The Kier molecular flexibility index (Phi) is 4.21. The number of anilines is 2. The lowest BCUT2D eigenvalue weighted by Gasteiger charge is -2.16. The van der Waals surface area contributed by atoms with E-state index >= 15 is 0 Å². The predicted octanol–water partition coefficient (Wildman–Crippen LogP) is 2.28. The molecule has 0 radical (unpaired) electrons. The molecule has 0 saturated heterocycles. The smallest absolute Gasteiger partial charge is 0.223 e. The van der Waals surface area contributed by atoms with E-state index in [2.05, 4.69) is 30.6 Å². The van der Waals surface area contributed by atoms with E-state index < -0.39 is 11.0 Å². The van der Waals surface area contributed by atoms with Gasteiger partial charge in [-0.1, -0.05) is 0 Å². The van der Waals surface area contributed by atoms with Gasteiger partial charge in [0.05, 0.1) is 11.1 Å². The second kappa shape index (κ2) is 6.13. The Labute approximate surface area is 138 Å². The number of nitrogens with one attached hydrogen (secondary N) is 1. The number of aromatic nitrogens is 2. The van der Waals surface area contributed by atoms with Crippen molar-refractivity contribution in [1.82, 2.24) is 9.97 Å². The third kappa shape index (κ3) is 2.89. The highest BCUT2D eigenvalue weighted by Crippen LogP contribution is 2.34. The lowest BCUT2D eigenvalue weighted by Crippen LogP contribution is -2.25. The Morgan fingerprint density at radius 3 is 2.91 bits per heavy atom. The van der Waals surface area contributed by atoms with Crippen LogP contribution in [0.15, 0.2) is 40.1 Å². The second-order valence-electron chi connectivity index (χ2n) is 4.79. The van der Waals surface area contributed by atoms with Gasteiger partial charge in [-0.05, 0) is 40.0 Å². The zero-order valence-electron chi connectivity index (χ0n) is 11.7. The molecule has 1 aromatic carbocycles. The van der Waals surface area contributed by atoms with E-state index in [0.29, 0.717) is 17.3 Å². The van der Waals surface area contributed by atoms with E-state index in [1.807, 2.05) is 6.07 Å². The van der Waals surface area contributed by atoms with Crippen LogP contribution in [-0.2, 0) is 22.2 Å². The Morgan fingerprint density at radius 2 is 2.23 bits per heavy atom. The molecule has 0 fully saturated rings. The van der Waals surface area contributed by atoms with Crippen LogP contribution in [0.4, 0.5) is 11.5 Å². The van der Waals surface area contributed by atoms with E-state index in [-0.39, 0.29) is 5.91 Å². The van der Waals surface area contributed by atoms with Crippen LogP contribution in [0.1, 0.15) is 12.5 Å². The molecule has 114 valence electrons. The molecule has 1 N–H and O–H groups in total. The summed E-state index contributed by atoms with van der Waals surface area (Å²) in [6.07, 6.45) is 5.37. The van der Waals surface area contributed by atoms with Gasteiger partial charge in [0.15, 0.2) is 16.8 Å². The molecule has 22 heavy (non-hydrogen) atoms. The summed E-state index contributed by atoms with van der Waals surface area (Å²) in [5, 5.41) is 0. The van der Waals surface area contributed by atoms with Crippen molar-refractivity contribution in [1.29, 1.82) is 0 Å². The maximum Gasteiger partial charge on any atom is 0.223 e. The van der Waals surface area contributed by atoms with Gasteiger partial charge >= 0.3 is 0 Å². The van der Waals surface area contributed by atoms with Crippen LogP contribution < -0.4 is 9.62 Å². The van der Waals surface area contributed by atoms with Crippen LogP contribution in [0.2, 0.25) is 0 Å². The number of rotatable bonds is 3. The molecular weight excluding hydrogens is 368 g/mol. The van der Waals surface area contributed by atoms with Gasteiger partial charge in [-0.3, -0.25) is 14.5 Å². The van der Waals surface area contributed by atoms with Gasteiger partial charge < -0.3 is 4.90 Å². The summed E-state index contributed by atoms with van der Waals surface area (Å²) in [4.78, 5) is 21.9. The molecule has 1 unspecified atom stereocenters. The summed E-state index contributed by atoms with van der Waals surface area (Å²) in [6.45, 7) is 2.19. The van der Waals surface area contributed by atoms with E-state index in [0.717, 1.165) is 22.1 Å². The summed E-state index contributed by atoms with van der Waals surface area (Å²) in [6, 6.07) is 3.71. The summed E-state index contributed by atoms with van der Waals surface area (Å²) < 4.78 is 16.1. The van der Waals surface area contributed by atoms with Gasteiger partial charge in [0, 0.05) is 36.0 Å². The zero-order chi connectivity index (χ0) is 15.7. The first-order chi connectivity index (χ1) is 10.6. The van der Waals surface area contributed by atoms with Gasteiger partial charge in [-0.25, -0.2) is 9.19 Å². The van der Waals surface area contributed by atoms with Crippen LogP contribution in [0.3, 0.4) is 0 Å². The van der Waals surface area contributed by atoms with E-state index in [4.69, 9.17) is 0 Å². The third-order valence-electron chi connectivity index (χ3n) is 3.37. The highest BCUT2D eigenvalue weighted by Gasteiger charge is 2.25. The molecule has 0 aliphatic carbocycles. The average molecular weight is 381 g/mol. The summed E-state index contributed by atoms with van der Waals surface area (Å²) >= 11 is 3.45. The fourth-order valence-electron chi connectivity index (χ4n) is 2.36. The summed E-state index contributed by atoms with van der Waals surface area (Å²) in [5.41, 5.74) is 1.89. The lowest BCUT2D eigenvalue weighted by atomic mass is 10.2. The number of hydrogen-bond donors (Lipinski definition) is 1. The van der Waals surface area contributed by atoms with Crippen molar-refractivity contribution in [3.05, 3.63) is 40.8 Å². The van der Waals surface area contributed by atoms with Crippen molar-refractivity contribution in [2.45, 2.75) is 18.2 Å². The highest BCUT2D eigenvalue weighted by molar-refractivity contribution is 9.10. The molecule has 0 saturated carbocycles. The number of halogens is 1. The van der Waals surface area contributed by atoms with E-state index in [1.165, 1.54) is 19.3 Å². The number of fused-ring (bicyclic) bond motifs is 1. The van der Waals surface area contributed by atoms with Gasteiger partial charge in [-0.2, -0.15) is 0 Å². The Balaban J connectivity index is 1.93. The third-order valence-corrected chi connectivity index (χ3v) is 5.42. The molecule has 1 atom stereocenters. The van der Waals surface area contributed by atoms with Gasteiger partial charge in [0.25, 0.3) is 0 Å². The normalized spacial score (nSPS) is 14.5. The van der Waals surface area contributed by atoms with Crippen molar-refractivity contribution < 1.29 is 9.00 Å². The number of benzene rings is 1. The summed E-state index contributed by atoms with van der Waals surface area (Å²) in [5.74, 6) is 0.413. The minimum Gasteiger partial charge on any atom is -0.312 e. The zero-order valence-corrected chi connectivity index (χ0v) is 14.1. The Hall–Kier alpha value is -1.80. The molecule has 8 heteroatoms. The number of hydrogen-bond acceptors (Lipinski definition) is 4. The molecule has 1 aliphatic heterocycles. The molecule has 2 aromatic rings. The van der Waals surface area contributed by atoms with Crippen LogP contribution in [-0.4, -0.2) is 26.6 Å². The average Bonchev–Trinajstić information content (AvgIpc) is 2.90. The van der Waals surface area contributed by atoms with Crippen LogP contribution >= 0.6 is 15.9 Å². The van der Waals surface area contributed by atoms with Crippen molar-refractivity contribution in [3.63, 3.8) is 0 Å². The lowest BCUT2D eigenvalue weighted by molar-refractivity contribution is -0.116. The largest absolute Gasteiger partial charge is 0.312 e. The Bertz CT molecular complexity index is 754. The van der Waals surface area contributed by atoms with E-state index in [9.17, 15) is 9.00 Å². The molecule has 6 nitrogen and oxygen atoms in total. The van der Waals surface area contributed by atoms with Crippen LogP contribution in [0.25, 0.3) is 0 Å². The number of amides is 1. The molecule has 1 aliphatic rings. The molecule has 0 spiro atoms. The fraction of sp³-hybridized carbons (Fsp3) is 0.214. The SMILES string of the molecule is CC(=O)N1CCc2cc(Br)c(S(=O)Nc3cnccn3)cc21. The number of carbonyl (C=O) groups excluding carboxylic acids is 1. The molecule has 0 bridgehead atoms. The van der Waals surface area contributed by atoms with Gasteiger partial charge in [-0.15, -0.1) is 0 Å². The second-order valence-corrected chi connectivity index (χ2v) is 6.83. The quantitative estimate of drug-likeness (QED) is 0.885. The van der Waals surface area contributed by atoms with Crippen molar-refractivity contribution in [2.24, 2.45) is 0 Å². The van der Waals surface area contributed by atoms with Crippen LogP contribution in [0, 0.1) is 0 Å². The van der Waals surface area contributed by atoms with Crippen molar-refractivity contribution >= 4 is 44.3 Å².